The Hall–Kier alpha value is -2.27. The van der Waals surface area contributed by atoms with E-state index in [1.165, 1.54) is 11.1 Å². The summed E-state index contributed by atoms with van der Waals surface area (Å²) in [6, 6.07) is 12.4. The first kappa shape index (κ1) is 17.1. The molecule has 2 aromatic rings. The van der Waals surface area contributed by atoms with Crippen LogP contribution in [0, 0.1) is 0 Å². The summed E-state index contributed by atoms with van der Waals surface area (Å²) in [6.45, 7) is 5.09. The zero-order chi connectivity index (χ0) is 16.5. The van der Waals surface area contributed by atoms with Crippen molar-refractivity contribution in [2.75, 3.05) is 20.6 Å². The van der Waals surface area contributed by atoms with Crippen LogP contribution in [0.4, 0.5) is 0 Å². The molecule has 1 aromatic heterocycles. The predicted molar refractivity (Wildman–Crippen MR) is 94.2 cm³/mol. The summed E-state index contributed by atoms with van der Waals surface area (Å²) in [4.78, 5) is 6.81. The third-order valence-electron chi connectivity index (χ3n) is 3.26. The monoisotopic (exact) mass is 314 g/mol. The molecular formula is C18H26N4O. The fraction of sp³-hybridized carbons (Fsp3) is 0.389. The Morgan fingerprint density at radius 3 is 2.65 bits per heavy atom. The maximum Gasteiger partial charge on any atom is 0.191 e. The fourth-order valence-electron chi connectivity index (χ4n) is 2.29. The highest BCUT2D eigenvalue weighted by atomic mass is 16.3. The van der Waals surface area contributed by atoms with Crippen LogP contribution in [0.3, 0.4) is 0 Å². The molecule has 0 amide bonds. The molecule has 23 heavy (non-hydrogen) atoms. The van der Waals surface area contributed by atoms with Gasteiger partial charge in [0.2, 0.25) is 0 Å². The summed E-state index contributed by atoms with van der Waals surface area (Å²) in [7, 11) is 4.15. The molecule has 0 spiro atoms. The van der Waals surface area contributed by atoms with E-state index in [0.29, 0.717) is 13.1 Å². The van der Waals surface area contributed by atoms with Crippen molar-refractivity contribution >= 4 is 5.96 Å². The molecule has 0 atom stereocenters. The standard InChI is InChI=1S/C18H26N4O/c1-4-19-18(21-13-17-9-6-10-23-17)20-12-15-7-5-8-16(11-15)14-22(2)3/h5-11H,4,12-14H2,1-3H3,(H2,19,20,21). The Morgan fingerprint density at radius 2 is 1.96 bits per heavy atom. The molecule has 1 heterocycles. The van der Waals surface area contributed by atoms with Gasteiger partial charge in [-0.05, 0) is 44.3 Å². The van der Waals surface area contributed by atoms with Crippen molar-refractivity contribution in [3.8, 4) is 0 Å². The molecule has 2 N–H and O–H groups in total. The van der Waals surface area contributed by atoms with Crippen molar-refractivity contribution in [2.24, 2.45) is 4.99 Å². The van der Waals surface area contributed by atoms with Crippen LogP contribution in [-0.4, -0.2) is 31.5 Å². The first-order valence-corrected chi connectivity index (χ1v) is 7.94. The van der Waals surface area contributed by atoms with Crippen LogP contribution in [0.1, 0.15) is 23.8 Å². The predicted octanol–water partition coefficient (Wildman–Crippen LogP) is 2.60. The number of nitrogens with one attached hydrogen (secondary N) is 2. The van der Waals surface area contributed by atoms with Gasteiger partial charge in [-0.15, -0.1) is 0 Å². The van der Waals surface area contributed by atoms with Crippen molar-refractivity contribution in [3.63, 3.8) is 0 Å². The van der Waals surface area contributed by atoms with Gasteiger partial charge < -0.3 is 20.0 Å². The van der Waals surface area contributed by atoms with Crippen molar-refractivity contribution in [1.29, 1.82) is 0 Å². The molecule has 0 saturated carbocycles. The highest BCUT2D eigenvalue weighted by Gasteiger charge is 2.01. The van der Waals surface area contributed by atoms with Crippen molar-refractivity contribution in [2.45, 2.75) is 26.6 Å². The van der Waals surface area contributed by atoms with Gasteiger partial charge in [0.25, 0.3) is 0 Å². The second-order valence-electron chi connectivity index (χ2n) is 5.69. The van der Waals surface area contributed by atoms with E-state index in [0.717, 1.165) is 24.8 Å². The first-order chi connectivity index (χ1) is 11.2. The highest BCUT2D eigenvalue weighted by molar-refractivity contribution is 5.79. The van der Waals surface area contributed by atoms with Crippen LogP contribution < -0.4 is 10.6 Å². The van der Waals surface area contributed by atoms with Crippen molar-refractivity contribution < 1.29 is 4.42 Å². The van der Waals surface area contributed by atoms with E-state index in [1.54, 1.807) is 6.26 Å². The molecule has 0 aliphatic carbocycles. The number of aliphatic imine (C=N–C) groups is 1. The lowest BCUT2D eigenvalue weighted by Gasteiger charge is -2.12. The summed E-state index contributed by atoms with van der Waals surface area (Å²) in [5.74, 6) is 1.69. The van der Waals surface area contributed by atoms with Crippen LogP contribution in [0.5, 0.6) is 0 Å². The van der Waals surface area contributed by atoms with Gasteiger partial charge in [-0.3, -0.25) is 0 Å². The minimum Gasteiger partial charge on any atom is -0.467 e. The molecule has 5 heteroatoms. The third-order valence-corrected chi connectivity index (χ3v) is 3.26. The van der Waals surface area contributed by atoms with E-state index in [-0.39, 0.29) is 0 Å². The first-order valence-electron chi connectivity index (χ1n) is 7.94. The van der Waals surface area contributed by atoms with Gasteiger partial charge in [0.1, 0.15) is 5.76 Å². The van der Waals surface area contributed by atoms with Gasteiger partial charge in [-0.2, -0.15) is 0 Å². The van der Waals surface area contributed by atoms with Crippen LogP contribution in [0.25, 0.3) is 0 Å². The van der Waals surface area contributed by atoms with E-state index in [4.69, 9.17) is 4.42 Å². The van der Waals surface area contributed by atoms with Gasteiger partial charge in [0.05, 0.1) is 19.4 Å². The minimum atomic E-state index is 0.625. The largest absolute Gasteiger partial charge is 0.467 e. The zero-order valence-corrected chi connectivity index (χ0v) is 14.2. The number of rotatable bonds is 7. The van der Waals surface area contributed by atoms with Crippen LogP contribution in [0.15, 0.2) is 52.1 Å². The minimum absolute atomic E-state index is 0.625. The molecular weight excluding hydrogens is 288 g/mol. The smallest absolute Gasteiger partial charge is 0.191 e. The normalized spacial score (nSPS) is 11.7. The maximum atomic E-state index is 5.33. The lowest BCUT2D eigenvalue weighted by molar-refractivity contribution is 0.402. The quantitative estimate of drug-likeness (QED) is 0.609. The van der Waals surface area contributed by atoms with Crippen LogP contribution in [0.2, 0.25) is 0 Å². The molecule has 0 aliphatic rings. The van der Waals surface area contributed by atoms with E-state index < -0.39 is 0 Å². The maximum absolute atomic E-state index is 5.33. The van der Waals surface area contributed by atoms with E-state index in [2.05, 4.69) is 65.8 Å². The van der Waals surface area contributed by atoms with E-state index in [1.807, 2.05) is 12.1 Å². The Kier molecular flexibility index (Phi) is 6.69. The summed E-state index contributed by atoms with van der Waals surface area (Å²) in [5, 5.41) is 6.53. The number of benzene rings is 1. The third kappa shape index (κ3) is 6.16. The molecule has 0 aliphatic heterocycles. The number of guanidine groups is 1. The number of hydrogen-bond acceptors (Lipinski definition) is 3. The van der Waals surface area contributed by atoms with Gasteiger partial charge in [-0.25, -0.2) is 4.99 Å². The molecule has 2 rings (SSSR count). The molecule has 124 valence electrons. The summed E-state index contributed by atoms with van der Waals surface area (Å²) in [6.07, 6.45) is 1.68. The summed E-state index contributed by atoms with van der Waals surface area (Å²) < 4.78 is 5.33. The Labute approximate surface area is 138 Å². The van der Waals surface area contributed by atoms with Gasteiger partial charge in [0, 0.05) is 13.1 Å². The Balaban J connectivity index is 1.96. The molecule has 0 bridgehead atoms. The van der Waals surface area contributed by atoms with Gasteiger partial charge in [-0.1, -0.05) is 24.3 Å². The van der Waals surface area contributed by atoms with E-state index in [9.17, 15) is 0 Å². The lowest BCUT2D eigenvalue weighted by Crippen LogP contribution is -2.36. The molecule has 0 radical (unpaired) electrons. The fourth-order valence-corrected chi connectivity index (χ4v) is 2.29. The number of nitrogens with zero attached hydrogens (tertiary/aromatic N) is 2. The molecule has 1 aromatic carbocycles. The number of furan rings is 1. The summed E-state index contributed by atoms with van der Waals surface area (Å²) in [5.41, 5.74) is 2.51. The molecule has 5 nitrogen and oxygen atoms in total. The average Bonchev–Trinajstić information content (AvgIpc) is 3.03. The Bertz CT molecular complexity index is 605. The molecule has 0 fully saturated rings. The van der Waals surface area contributed by atoms with Gasteiger partial charge in [0.15, 0.2) is 5.96 Å². The molecule has 0 saturated heterocycles. The van der Waals surface area contributed by atoms with Gasteiger partial charge >= 0.3 is 0 Å². The summed E-state index contributed by atoms with van der Waals surface area (Å²) >= 11 is 0. The second-order valence-corrected chi connectivity index (χ2v) is 5.69. The van der Waals surface area contributed by atoms with Crippen molar-refractivity contribution in [1.82, 2.24) is 15.5 Å². The average molecular weight is 314 g/mol. The number of hydrogen-bond donors (Lipinski definition) is 2. The van der Waals surface area contributed by atoms with Crippen LogP contribution >= 0.6 is 0 Å². The van der Waals surface area contributed by atoms with Crippen molar-refractivity contribution in [3.05, 3.63) is 59.5 Å². The topological polar surface area (TPSA) is 52.8 Å². The molecule has 0 unspecified atom stereocenters. The SMILES string of the molecule is CCNC(=NCc1cccc(CN(C)C)c1)NCc1ccco1. The second kappa shape index (κ2) is 9.00. The lowest BCUT2D eigenvalue weighted by atomic mass is 10.1. The van der Waals surface area contributed by atoms with E-state index >= 15 is 0 Å². The Morgan fingerprint density at radius 1 is 1.13 bits per heavy atom. The zero-order valence-electron chi connectivity index (χ0n) is 14.2. The van der Waals surface area contributed by atoms with Crippen LogP contribution in [-0.2, 0) is 19.6 Å². The highest BCUT2D eigenvalue weighted by Crippen LogP contribution is 2.08.